The number of hydrogen-bond acceptors (Lipinski definition) is 5. The van der Waals surface area contributed by atoms with Crippen molar-refractivity contribution in [2.45, 2.75) is 0 Å². The first-order valence-electron chi connectivity index (χ1n) is 7.16. The van der Waals surface area contributed by atoms with E-state index in [1.54, 1.807) is 49.6 Å². The standard InChI is InChI=1S/C17H16ClN3O4/c1-24-12-8-7-11(15(9-12)25-2)10-19-21-17(23)16(22)20-14-6-4-3-5-13(14)18/h3-10H,1-2H3,(H,20,22)(H,21,23)/b19-10-. The maximum absolute atomic E-state index is 11.8. The van der Waals surface area contributed by atoms with Crippen molar-refractivity contribution in [2.24, 2.45) is 5.10 Å². The summed E-state index contributed by atoms with van der Waals surface area (Å²) >= 11 is 5.92. The highest BCUT2D eigenvalue weighted by molar-refractivity contribution is 6.41. The first kappa shape index (κ1) is 18.3. The molecule has 0 aromatic heterocycles. The molecule has 25 heavy (non-hydrogen) atoms. The average Bonchev–Trinajstić information content (AvgIpc) is 2.63. The Morgan fingerprint density at radius 1 is 1.08 bits per heavy atom. The minimum atomic E-state index is -0.927. The molecule has 2 aromatic carbocycles. The highest BCUT2D eigenvalue weighted by Gasteiger charge is 2.14. The number of nitrogens with zero attached hydrogens (tertiary/aromatic N) is 1. The Labute approximate surface area is 149 Å². The number of methoxy groups -OCH3 is 2. The number of hydrogen-bond donors (Lipinski definition) is 2. The highest BCUT2D eigenvalue weighted by atomic mass is 35.5. The van der Waals surface area contributed by atoms with Crippen molar-refractivity contribution in [2.75, 3.05) is 19.5 Å². The number of carbonyl (C=O) groups excluding carboxylic acids is 2. The highest BCUT2D eigenvalue weighted by Crippen LogP contribution is 2.23. The van der Waals surface area contributed by atoms with Crippen LogP contribution in [0, 0.1) is 0 Å². The Morgan fingerprint density at radius 3 is 2.52 bits per heavy atom. The molecule has 0 saturated heterocycles. The summed E-state index contributed by atoms with van der Waals surface area (Å²) < 4.78 is 10.3. The van der Waals surface area contributed by atoms with Gasteiger partial charge in [-0.05, 0) is 24.3 Å². The van der Waals surface area contributed by atoms with E-state index in [0.717, 1.165) is 0 Å². The zero-order valence-electron chi connectivity index (χ0n) is 13.6. The lowest BCUT2D eigenvalue weighted by molar-refractivity contribution is -0.136. The van der Waals surface area contributed by atoms with Gasteiger partial charge in [0.25, 0.3) is 0 Å². The molecule has 2 aromatic rings. The number of ether oxygens (including phenoxy) is 2. The van der Waals surface area contributed by atoms with Crippen molar-refractivity contribution in [1.29, 1.82) is 0 Å². The van der Waals surface area contributed by atoms with Crippen molar-refractivity contribution >= 4 is 35.3 Å². The minimum absolute atomic E-state index is 0.329. The summed E-state index contributed by atoms with van der Waals surface area (Å²) in [4.78, 5) is 23.6. The third-order valence-corrected chi connectivity index (χ3v) is 3.47. The molecule has 0 radical (unpaired) electrons. The number of rotatable bonds is 5. The molecule has 2 rings (SSSR count). The molecule has 0 bridgehead atoms. The van der Waals surface area contributed by atoms with Crippen LogP contribution in [0.3, 0.4) is 0 Å². The van der Waals surface area contributed by atoms with Gasteiger partial charge in [0, 0.05) is 11.6 Å². The van der Waals surface area contributed by atoms with Gasteiger partial charge in [0.15, 0.2) is 0 Å². The normalized spacial score (nSPS) is 10.4. The van der Waals surface area contributed by atoms with Crippen LogP contribution < -0.4 is 20.2 Å². The Kier molecular flexibility index (Phi) is 6.36. The first-order chi connectivity index (χ1) is 12.0. The summed E-state index contributed by atoms with van der Waals surface area (Å²) in [5.41, 5.74) is 3.08. The summed E-state index contributed by atoms with van der Waals surface area (Å²) in [5.74, 6) is -0.675. The molecular formula is C17H16ClN3O4. The average molecular weight is 362 g/mol. The van der Waals surface area contributed by atoms with E-state index in [0.29, 0.717) is 27.8 Å². The molecule has 8 heteroatoms. The topological polar surface area (TPSA) is 89.0 Å². The van der Waals surface area contributed by atoms with Crippen LogP contribution in [-0.2, 0) is 9.59 Å². The number of hydrazone groups is 1. The monoisotopic (exact) mass is 361 g/mol. The summed E-state index contributed by atoms with van der Waals surface area (Å²) in [6, 6.07) is 11.7. The second-order valence-corrected chi connectivity index (χ2v) is 5.15. The molecule has 0 heterocycles. The predicted molar refractivity (Wildman–Crippen MR) is 95.4 cm³/mol. The molecule has 0 unspecified atom stereocenters. The van der Waals surface area contributed by atoms with Crippen molar-refractivity contribution in [3.05, 3.63) is 53.1 Å². The smallest absolute Gasteiger partial charge is 0.329 e. The fourth-order valence-electron chi connectivity index (χ4n) is 1.88. The predicted octanol–water partition coefficient (Wildman–Crippen LogP) is 2.45. The first-order valence-corrected chi connectivity index (χ1v) is 7.54. The maximum Gasteiger partial charge on any atom is 0.329 e. The molecule has 0 saturated carbocycles. The lowest BCUT2D eigenvalue weighted by atomic mass is 10.2. The summed E-state index contributed by atoms with van der Waals surface area (Å²) in [6.45, 7) is 0. The van der Waals surface area contributed by atoms with Crippen LogP contribution in [0.2, 0.25) is 5.02 Å². The van der Waals surface area contributed by atoms with Crippen LogP contribution in [-0.4, -0.2) is 32.2 Å². The number of amides is 2. The van der Waals surface area contributed by atoms with Gasteiger partial charge in [-0.2, -0.15) is 5.10 Å². The quantitative estimate of drug-likeness (QED) is 0.486. The Morgan fingerprint density at radius 2 is 1.84 bits per heavy atom. The number of carbonyl (C=O) groups is 2. The summed E-state index contributed by atoms with van der Waals surface area (Å²) in [7, 11) is 3.04. The molecule has 0 fully saturated rings. The lowest BCUT2D eigenvalue weighted by Gasteiger charge is -2.07. The fraction of sp³-hybridized carbons (Fsp3) is 0.118. The SMILES string of the molecule is COc1ccc(/C=N\NC(=O)C(=O)Nc2ccccc2Cl)c(OC)c1. The molecule has 7 nitrogen and oxygen atoms in total. The van der Waals surface area contributed by atoms with Crippen molar-refractivity contribution in [1.82, 2.24) is 5.43 Å². The molecule has 2 amide bonds. The van der Waals surface area contributed by atoms with Crippen LogP contribution in [0.25, 0.3) is 0 Å². The molecule has 0 spiro atoms. The zero-order valence-corrected chi connectivity index (χ0v) is 14.3. The van der Waals surface area contributed by atoms with E-state index < -0.39 is 11.8 Å². The Hall–Kier alpha value is -3.06. The van der Waals surface area contributed by atoms with E-state index in [9.17, 15) is 9.59 Å². The van der Waals surface area contributed by atoms with Gasteiger partial charge in [-0.3, -0.25) is 9.59 Å². The van der Waals surface area contributed by atoms with Gasteiger partial charge < -0.3 is 14.8 Å². The maximum atomic E-state index is 11.8. The molecule has 130 valence electrons. The number of para-hydroxylation sites is 1. The van der Waals surface area contributed by atoms with Gasteiger partial charge >= 0.3 is 11.8 Å². The summed E-state index contributed by atoms with van der Waals surface area (Å²) in [5, 5.41) is 6.48. The number of benzene rings is 2. The largest absolute Gasteiger partial charge is 0.497 e. The fourth-order valence-corrected chi connectivity index (χ4v) is 2.06. The van der Waals surface area contributed by atoms with E-state index in [2.05, 4.69) is 15.8 Å². The molecule has 0 aliphatic heterocycles. The molecule has 0 aliphatic rings. The van der Waals surface area contributed by atoms with Crippen LogP contribution in [0.5, 0.6) is 11.5 Å². The van der Waals surface area contributed by atoms with Crippen molar-refractivity contribution in [3.63, 3.8) is 0 Å². The van der Waals surface area contributed by atoms with Crippen LogP contribution in [0.15, 0.2) is 47.6 Å². The van der Waals surface area contributed by atoms with E-state index in [4.69, 9.17) is 21.1 Å². The number of halogens is 1. The van der Waals surface area contributed by atoms with Gasteiger partial charge in [-0.1, -0.05) is 23.7 Å². The van der Waals surface area contributed by atoms with Gasteiger partial charge in [0.2, 0.25) is 0 Å². The van der Waals surface area contributed by atoms with Crippen molar-refractivity contribution in [3.8, 4) is 11.5 Å². The number of nitrogens with one attached hydrogen (secondary N) is 2. The lowest BCUT2D eigenvalue weighted by Crippen LogP contribution is -2.32. The summed E-state index contributed by atoms with van der Waals surface area (Å²) in [6.07, 6.45) is 1.36. The van der Waals surface area contributed by atoms with Gasteiger partial charge in [-0.25, -0.2) is 5.43 Å². The van der Waals surface area contributed by atoms with Crippen LogP contribution in [0.1, 0.15) is 5.56 Å². The van der Waals surface area contributed by atoms with E-state index >= 15 is 0 Å². The molecule has 0 aliphatic carbocycles. The van der Waals surface area contributed by atoms with Crippen molar-refractivity contribution < 1.29 is 19.1 Å². The van der Waals surface area contributed by atoms with E-state index in [1.807, 2.05) is 0 Å². The molecule has 0 atom stereocenters. The van der Waals surface area contributed by atoms with Gasteiger partial charge in [0.05, 0.1) is 31.1 Å². The van der Waals surface area contributed by atoms with Gasteiger partial charge in [-0.15, -0.1) is 0 Å². The minimum Gasteiger partial charge on any atom is -0.497 e. The second-order valence-electron chi connectivity index (χ2n) is 4.74. The van der Waals surface area contributed by atoms with E-state index in [-0.39, 0.29) is 0 Å². The van der Waals surface area contributed by atoms with Gasteiger partial charge in [0.1, 0.15) is 11.5 Å². The Bertz CT molecular complexity index is 808. The Balaban J connectivity index is 1.98. The van der Waals surface area contributed by atoms with Crippen LogP contribution >= 0.6 is 11.6 Å². The third-order valence-electron chi connectivity index (χ3n) is 3.14. The van der Waals surface area contributed by atoms with Crippen LogP contribution in [0.4, 0.5) is 5.69 Å². The molecular weight excluding hydrogens is 346 g/mol. The third kappa shape index (κ3) is 4.95. The van der Waals surface area contributed by atoms with E-state index in [1.165, 1.54) is 13.3 Å². The number of anilines is 1. The zero-order chi connectivity index (χ0) is 18.2. The molecule has 2 N–H and O–H groups in total. The second kappa shape index (κ2) is 8.70.